The van der Waals surface area contributed by atoms with Crippen molar-refractivity contribution in [2.75, 3.05) is 30.6 Å². The molecule has 0 atom stereocenters. The lowest BCUT2D eigenvalue weighted by atomic mass is 10.1. The average Bonchev–Trinajstić information content (AvgIpc) is 2.47. The molecule has 0 heterocycles. The van der Waals surface area contributed by atoms with Gasteiger partial charge in [-0.1, -0.05) is 30.3 Å². The molecule has 0 radical (unpaired) electrons. The fourth-order valence-corrected chi connectivity index (χ4v) is 3.56. The Morgan fingerprint density at radius 2 is 1.76 bits per heavy atom. The summed E-state index contributed by atoms with van der Waals surface area (Å²) in [4.78, 5) is 0. The molecule has 2 aromatic rings. The molecule has 2 aromatic carbocycles. The van der Waals surface area contributed by atoms with Gasteiger partial charge in [-0.05, 0) is 25.3 Å². The van der Waals surface area contributed by atoms with Crippen LogP contribution in [0.25, 0.3) is 10.8 Å². The van der Waals surface area contributed by atoms with Crippen molar-refractivity contribution in [1.29, 1.82) is 0 Å². The van der Waals surface area contributed by atoms with Gasteiger partial charge in [0.1, 0.15) is 6.29 Å². The molecule has 5 nitrogen and oxygen atoms in total. The largest absolute Gasteiger partial charge is 0.397 e. The molecule has 0 aliphatic heterocycles. The molecule has 0 amide bonds. The molecular formula is C15H21N2O3P. The number of anilines is 2. The minimum absolute atomic E-state index is 0.0945. The standard InChI is InChI=1S/C15H21N2O3P/c1-3-19-21(18,20-4-2)11-17-14-10-9-12-7-5-6-8-13(12)15(14)16/h5-10,17H,3-4,11,16H2,1-2H3. The second-order valence-corrected chi connectivity index (χ2v) is 6.58. The van der Waals surface area contributed by atoms with Gasteiger partial charge in [0.2, 0.25) is 0 Å². The second-order valence-electron chi connectivity index (χ2n) is 4.53. The van der Waals surface area contributed by atoms with E-state index in [1.807, 2.05) is 36.4 Å². The van der Waals surface area contributed by atoms with E-state index in [-0.39, 0.29) is 6.29 Å². The lowest BCUT2D eigenvalue weighted by molar-refractivity contribution is 0.221. The number of fused-ring (bicyclic) bond motifs is 1. The lowest BCUT2D eigenvalue weighted by Crippen LogP contribution is -2.09. The predicted octanol–water partition coefficient (Wildman–Crippen LogP) is 4.06. The summed E-state index contributed by atoms with van der Waals surface area (Å²) >= 11 is 0. The quantitative estimate of drug-likeness (QED) is 0.596. The van der Waals surface area contributed by atoms with E-state index in [1.165, 1.54) is 0 Å². The van der Waals surface area contributed by atoms with Crippen molar-refractivity contribution >= 4 is 29.7 Å². The highest BCUT2D eigenvalue weighted by atomic mass is 31.2. The van der Waals surface area contributed by atoms with Gasteiger partial charge in [0.05, 0.1) is 24.6 Å². The van der Waals surface area contributed by atoms with Gasteiger partial charge < -0.3 is 20.1 Å². The molecular weight excluding hydrogens is 287 g/mol. The first kappa shape index (κ1) is 15.8. The summed E-state index contributed by atoms with van der Waals surface area (Å²) < 4.78 is 22.9. The molecule has 0 spiro atoms. The van der Waals surface area contributed by atoms with E-state index in [9.17, 15) is 4.57 Å². The Kier molecular flexibility index (Phi) is 5.23. The van der Waals surface area contributed by atoms with Gasteiger partial charge in [-0.2, -0.15) is 0 Å². The number of nitrogen functional groups attached to an aromatic ring is 1. The van der Waals surface area contributed by atoms with Crippen molar-refractivity contribution in [3.05, 3.63) is 36.4 Å². The smallest absolute Gasteiger partial charge is 0.349 e. The summed E-state index contributed by atoms with van der Waals surface area (Å²) in [7, 11) is -3.13. The van der Waals surface area contributed by atoms with Crippen LogP contribution in [0.4, 0.5) is 11.4 Å². The molecule has 0 saturated carbocycles. The Bertz CT molecular complexity index is 650. The number of hydrogen-bond donors (Lipinski definition) is 2. The van der Waals surface area contributed by atoms with Crippen LogP contribution in [0, 0.1) is 0 Å². The molecule has 0 aliphatic carbocycles. The molecule has 0 aliphatic rings. The summed E-state index contributed by atoms with van der Waals surface area (Å²) in [5, 5.41) is 5.11. The van der Waals surface area contributed by atoms with Crippen LogP contribution in [-0.4, -0.2) is 19.5 Å². The summed E-state index contributed by atoms with van der Waals surface area (Å²) in [6.07, 6.45) is 0.0945. The number of hydrogen-bond acceptors (Lipinski definition) is 5. The van der Waals surface area contributed by atoms with E-state index < -0.39 is 7.60 Å². The molecule has 0 unspecified atom stereocenters. The Morgan fingerprint density at radius 1 is 1.10 bits per heavy atom. The van der Waals surface area contributed by atoms with E-state index in [0.717, 1.165) is 16.5 Å². The summed E-state index contributed by atoms with van der Waals surface area (Å²) in [5.74, 6) is 0. The van der Waals surface area contributed by atoms with E-state index >= 15 is 0 Å². The minimum Gasteiger partial charge on any atom is -0.397 e. The van der Waals surface area contributed by atoms with E-state index in [1.54, 1.807) is 13.8 Å². The first-order valence-corrected chi connectivity index (χ1v) is 8.71. The first-order chi connectivity index (χ1) is 10.1. The van der Waals surface area contributed by atoms with Crippen molar-refractivity contribution in [3.63, 3.8) is 0 Å². The molecule has 3 N–H and O–H groups in total. The number of benzene rings is 2. The van der Waals surface area contributed by atoms with Crippen molar-refractivity contribution in [3.8, 4) is 0 Å². The molecule has 0 saturated heterocycles. The third-order valence-electron chi connectivity index (χ3n) is 3.09. The van der Waals surface area contributed by atoms with Gasteiger partial charge in [-0.3, -0.25) is 4.57 Å². The highest BCUT2D eigenvalue weighted by Crippen LogP contribution is 2.48. The maximum atomic E-state index is 12.4. The fourth-order valence-electron chi connectivity index (χ4n) is 2.15. The maximum Gasteiger partial charge on any atom is 0.349 e. The normalized spacial score (nSPS) is 11.7. The van der Waals surface area contributed by atoms with Crippen LogP contribution in [0.1, 0.15) is 13.8 Å². The zero-order chi connectivity index (χ0) is 15.3. The monoisotopic (exact) mass is 308 g/mol. The zero-order valence-electron chi connectivity index (χ0n) is 12.3. The van der Waals surface area contributed by atoms with Gasteiger partial charge in [0.25, 0.3) is 0 Å². The Morgan fingerprint density at radius 3 is 2.43 bits per heavy atom. The average molecular weight is 308 g/mol. The van der Waals surface area contributed by atoms with E-state index in [4.69, 9.17) is 14.8 Å². The molecule has 114 valence electrons. The van der Waals surface area contributed by atoms with Gasteiger partial charge in [0.15, 0.2) is 0 Å². The number of nitrogens with one attached hydrogen (secondary N) is 1. The fraction of sp³-hybridized carbons (Fsp3) is 0.333. The number of nitrogens with two attached hydrogens (primary N) is 1. The van der Waals surface area contributed by atoms with Crippen LogP contribution in [0.2, 0.25) is 0 Å². The molecule has 0 aromatic heterocycles. The van der Waals surface area contributed by atoms with Gasteiger partial charge in [0, 0.05) is 5.39 Å². The molecule has 21 heavy (non-hydrogen) atoms. The Labute approximate surface area is 125 Å². The van der Waals surface area contributed by atoms with Gasteiger partial charge in [-0.15, -0.1) is 0 Å². The maximum absolute atomic E-state index is 12.4. The summed E-state index contributed by atoms with van der Waals surface area (Å²) in [6.45, 7) is 4.25. The Balaban J connectivity index is 2.20. The number of rotatable bonds is 7. The molecule has 0 fully saturated rings. The zero-order valence-corrected chi connectivity index (χ0v) is 13.2. The van der Waals surface area contributed by atoms with E-state index in [0.29, 0.717) is 18.9 Å². The van der Waals surface area contributed by atoms with Crippen molar-refractivity contribution in [2.45, 2.75) is 13.8 Å². The lowest BCUT2D eigenvalue weighted by Gasteiger charge is -2.19. The van der Waals surface area contributed by atoms with Crippen LogP contribution in [0.3, 0.4) is 0 Å². The van der Waals surface area contributed by atoms with Crippen molar-refractivity contribution < 1.29 is 13.6 Å². The van der Waals surface area contributed by atoms with Crippen LogP contribution in [-0.2, 0) is 13.6 Å². The van der Waals surface area contributed by atoms with Crippen molar-refractivity contribution in [1.82, 2.24) is 0 Å². The molecule has 0 bridgehead atoms. The van der Waals surface area contributed by atoms with Crippen molar-refractivity contribution in [2.24, 2.45) is 0 Å². The molecule has 2 rings (SSSR count). The van der Waals surface area contributed by atoms with Crippen LogP contribution in [0.15, 0.2) is 36.4 Å². The summed E-state index contributed by atoms with van der Waals surface area (Å²) in [6, 6.07) is 11.7. The highest BCUT2D eigenvalue weighted by Gasteiger charge is 2.23. The first-order valence-electron chi connectivity index (χ1n) is 6.99. The van der Waals surface area contributed by atoms with E-state index in [2.05, 4.69) is 5.32 Å². The second kappa shape index (κ2) is 6.94. The highest BCUT2D eigenvalue weighted by molar-refractivity contribution is 7.53. The Hall–Kier alpha value is -1.55. The van der Waals surface area contributed by atoms with Crippen LogP contribution < -0.4 is 11.1 Å². The van der Waals surface area contributed by atoms with Gasteiger partial charge >= 0.3 is 7.60 Å². The van der Waals surface area contributed by atoms with Crippen LogP contribution >= 0.6 is 7.60 Å². The molecule has 6 heteroatoms. The van der Waals surface area contributed by atoms with Crippen LogP contribution in [0.5, 0.6) is 0 Å². The SMILES string of the molecule is CCOP(=O)(CNc1ccc2ccccc2c1N)OCC. The third-order valence-corrected chi connectivity index (χ3v) is 4.93. The minimum atomic E-state index is -3.13. The summed E-state index contributed by atoms with van der Waals surface area (Å²) in [5.41, 5.74) is 7.52. The predicted molar refractivity (Wildman–Crippen MR) is 87.7 cm³/mol. The third kappa shape index (κ3) is 3.76. The van der Waals surface area contributed by atoms with Gasteiger partial charge in [-0.25, -0.2) is 0 Å². The topological polar surface area (TPSA) is 73.6 Å².